The Morgan fingerprint density at radius 3 is 2.76 bits per heavy atom. The lowest BCUT2D eigenvalue weighted by Gasteiger charge is -2.14. The minimum absolute atomic E-state index is 0. The second-order valence-electron chi connectivity index (χ2n) is 5.05. The Hall–Kier alpha value is -1.30. The van der Waals surface area contributed by atoms with Gasteiger partial charge < -0.3 is 20.5 Å². The van der Waals surface area contributed by atoms with Crippen molar-refractivity contribution in [2.24, 2.45) is 11.7 Å². The van der Waals surface area contributed by atoms with Gasteiger partial charge in [0.15, 0.2) is 0 Å². The molecule has 0 aliphatic heterocycles. The molecule has 6 heteroatoms. The van der Waals surface area contributed by atoms with Crippen molar-refractivity contribution in [2.75, 3.05) is 26.9 Å². The fourth-order valence-corrected chi connectivity index (χ4v) is 2.01. The number of carbonyl (C=O) groups excluding carboxylic acids is 1. The molecule has 0 spiro atoms. The van der Waals surface area contributed by atoms with Gasteiger partial charge in [0.1, 0.15) is 12.4 Å². The van der Waals surface area contributed by atoms with E-state index in [2.05, 4.69) is 5.32 Å². The van der Waals surface area contributed by atoms with Gasteiger partial charge in [0.25, 0.3) is 5.91 Å². The van der Waals surface area contributed by atoms with Crippen molar-refractivity contribution in [3.8, 4) is 5.75 Å². The average molecular weight is 315 g/mol. The summed E-state index contributed by atoms with van der Waals surface area (Å²) in [6.45, 7) is 1.42. The number of amides is 1. The Bertz CT molecular complexity index is 452. The van der Waals surface area contributed by atoms with Crippen molar-refractivity contribution >= 4 is 18.3 Å². The fourth-order valence-electron chi connectivity index (χ4n) is 2.01. The van der Waals surface area contributed by atoms with Crippen LogP contribution in [0.5, 0.6) is 5.75 Å². The van der Waals surface area contributed by atoms with E-state index in [1.807, 2.05) is 12.1 Å². The molecule has 0 saturated heterocycles. The van der Waals surface area contributed by atoms with Crippen molar-refractivity contribution in [3.63, 3.8) is 0 Å². The molecular formula is C15H23ClN2O3. The molecule has 1 aromatic carbocycles. The van der Waals surface area contributed by atoms with Crippen molar-refractivity contribution in [1.29, 1.82) is 0 Å². The SMILES string of the molecule is COCCOc1ccccc1C(=O)NCC(N)C1CC1.Cl. The highest BCUT2D eigenvalue weighted by molar-refractivity contribution is 5.96. The molecule has 1 aliphatic rings. The molecule has 0 aromatic heterocycles. The van der Waals surface area contributed by atoms with Gasteiger partial charge in [-0.1, -0.05) is 12.1 Å². The lowest BCUT2D eigenvalue weighted by atomic mass is 10.1. The number of hydrogen-bond donors (Lipinski definition) is 2. The number of ether oxygens (including phenoxy) is 2. The summed E-state index contributed by atoms with van der Waals surface area (Å²) in [6, 6.07) is 7.25. The van der Waals surface area contributed by atoms with Crippen LogP contribution in [0, 0.1) is 5.92 Å². The van der Waals surface area contributed by atoms with Gasteiger partial charge in [0, 0.05) is 19.7 Å². The van der Waals surface area contributed by atoms with Gasteiger partial charge >= 0.3 is 0 Å². The Kier molecular flexibility index (Phi) is 7.50. The van der Waals surface area contributed by atoms with Crippen molar-refractivity contribution < 1.29 is 14.3 Å². The number of nitrogens with one attached hydrogen (secondary N) is 1. The Labute approximate surface area is 131 Å². The minimum atomic E-state index is -0.144. The third-order valence-electron chi connectivity index (χ3n) is 3.40. The lowest BCUT2D eigenvalue weighted by Crippen LogP contribution is -2.38. The number of hydrogen-bond acceptors (Lipinski definition) is 4. The second-order valence-corrected chi connectivity index (χ2v) is 5.05. The molecular weight excluding hydrogens is 292 g/mol. The number of rotatable bonds is 8. The monoisotopic (exact) mass is 314 g/mol. The second kappa shape index (κ2) is 8.87. The van der Waals surface area contributed by atoms with Crippen LogP contribution in [0.1, 0.15) is 23.2 Å². The highest BCUT2D eigenvalue weighted by atomic mass is 35.5. The van der Waals surface area contributed by atoms with Gasteiger partial charge in [-0.3, -0.25) is 4.79 Å². The zero-order valence-electron chi connectivity index (χ0n) is 12.2. The topological polar surface area (TPSA) is 73.6 Å². The van der Waals surface area contributed by atoms with Gasteiger partial charge in [-0.15, -0.1) is 12.4 Å². The number of halogens is 1. The van der Waals surface area contributed by atoms with Crippen LogP contribution in [-0.2, 0) is 4.74 Å². The van der Waals surface area contributed by atoms with Crippen LogP contribution in [-0.4, -0.2) is 38.8 Å². The summed E-state index contributed by atoms with van der Waals surface area (Å²) in [5.74, 6) is 1.000. The molecule has 5 nitrogen and oxygen atoms in total. The van der Waals surface area contributed by atoms with E-state index in [0.717, 1.165) is 0 Å². The van der Waals surface area contributed by atoms with Crippen molar-refractivity contribution in [3.05, 3.63) is 29.8 Å². The molecule has 118 valence electrons. The van der Waals surface area contributed by atoms with E-state index in [1.54, 1.807) is 19.2 Å². The third kappa shape index (κ3) is 5.53. The maximum absolute atomic E-state index is 12.2. The lowest BCUT2D eigenvalue weighted by molar-refractivity contribution is 0.0942. The van der Waals surface area contributed by atoms with Gasteiger partial charge in [-0.2, -0.15) is 0 Å². The molecule has 3 N–H and O–H groups in total. The molecule has 1 unspecified atom stereocenters. The Balaban J connectivity index is 0.00000220. The summed E-state index contributed by atoms with van der Waals surface area (Å²) in [5, 5.41) is 2.88. The van der Waals surface area contributed by atoms with E-state index in [-0.39, 0.29) is 24.4 Å². The maximum atomic E-state index is 12.2. The molecule has 0 radical (unpaired) electrons. The molecule has 1 amide bonds. The number of para-hydroxylation sites is 1. The van der Waals surface area contributed by atoms with E-state index >= 15 is 0 Å². The first-order valence-corrected chi connectivity index (χ1v) is 6.97. The van der Waals surface area contributed by atoms with Crippen LogP contribution in [0.2, 0.25) is 0 Å². The van der Waals surface area contributed by atoms with Crippen LogP contribution in [0.3, 0.4) is 0 Å². The van der Waals surface area contributed by atoms with Crippen LogP contribution in [0.15, 0.2) is 24.3 Å². The van der Waals surface area contributed by atoms with E-state index < -0.39 is 0 Å². The van der Waals surface area contributed by atoms with E-state index in [4.69, 9.17) is 15.2 Å². The van der Waals surface area contributed by atoms with E-state index in [9.17, 15) is 4.79 Å². The molecule has 1 saturated carbocycles. The first kappa shape index (κ1) is 17.8. The molecule has 1 fully saturated rings. The first-order valence-electron chi connectivity index (χ1n) is 6.97. The molecule has 0 heterocycles. The highest BCUT2D eigenvalue weighted by Crippen LogP contribution is 2.31. The number of carbonyl (C=O) groups is 1. The standard InChI is InChI=1S/C15H22N2O3.ClH/c1-19-8-9-20-14-5-3-2-4-12(14)15(18)17-10-13(16)11-6-7-11;/h2-5,11,13H,6-10,16H2,1H3,(H,17,18);1H. The number of benzene rings is 1. The quantitative estimate of drug-likeness (QED) is 0.715. The third-order valence-corrected chi connectivity index (χ3v) is 3.40. The largest absolute Gasteiger partial charge is 0.490 e. The Morgan fingerprint density at radius 2 is 2.10 bits per heavy atom. The normalized spacial score (nSPS) is 15.0. The summed E-state index contributed by atoms with van der Waals surface area (Å²) >= 11 is 0. The van der Waals surface area contributed by atoms with Crippen LogP contribution >= 0.6 is 12.4 Å². The van der Waals surface area contributed by atoms with Gasteiger partial charge in [0.2, 0.25) is 0 Å². The summed E-state index contributed by atoms with van der Waals surface area (Å²) in [5.41, 5.74) is 6.51. The molecule has 21 heavy (non-hydrogen) atoms. The summed E-state index contributed by atoms with van der Waals surface area (Å²) < 4.78 is 10.5. The predicted octanol–water partition coefficient (Wildman–Crippen LogP) is 1.60. The van der Waals surface area contributed by atoms with Gasteiger partial charge in [-0.25, -0.2) is 0 Å². The predicted molar refractivity (Wildman–Crippen MR) is 84.1 cm³/mol. The van der Waals surface area contributed by atoms with Crippen molar-refractivity contribution in [1.82, 2.24) is 5.32 Å². The average Bonchev–Trinajstić information content (AvgIpc) is 3.30. The van der Waals surface area contributed by atoms with Gasteiger partial charge in [-0.05, 0) is 30.9 Å². The molecule has 1 aliphatic carbocycles. The zero-order valence-corrected chi connectivity index (χ0v) is 13.0. The van der Waals surface area contributed by atoms with Crippen LogP contribution in [0.4, 0.5) is 0 Å². The van der Waals surface area contributed by atoms with Crippen LogP contribution in [0.25, 0.3) is 0 Å². The summed E-state index contributed by atoms with van der Waals surface area (Å²) in [4.78, 5) is 12.2. The smallest absolute Gasteiger partial charge is 0.255 e. The van der Waals surface area contributed by atoms with Gasteiger partial charge in [0.05, 0.1) is 12.2 Å². The molecule has 1 aromatic rings. The molecule has 0 bridgehead atoms. The summed E-state index contributed by atoms with van der Waals surface area (Å²) in [7, 11) is 1.61. The zero-order chi connectivity index (χ0) is 14.4. The highest BCUT2D eigenvalue weighted by Gasteiger charge is 2.28. The maximum Gasteiger partial charge on any atom is 0.255 e. The summed E-state index contributed by atoms with van der Waals surface area (Å²) in [6.07, 6.45) is 2.35. The fraction of sp³-hybridized carbons (Fsp3) is 0.533. The number of nitrogens with two attached hydrogens (primary N) is 1. The van der Waals surface area contributed by atoms with E-state index in [0.29, 0.717) is 37.0 Å². The molecule has 1 atom stereocenters. The first-order chi connectivity index (χ1) is 9.72. The Morgan fingerprint density at radius 1 is 1.38 bits per heavy atom. The van der Waals surface area contributed by atoms with E-state index in [1.165, 1.54) is 12.8 Å². The van der Waals surface area contributed by atoms with Crippen LogP contribution < -0.4 is 15.8 Å². The number of methoxy groups -OCH3 is 1. The minimum Gasteiger partial charge on any atom is -0.490 e. The molecule has 2 rings (SSSR count). The van der Waals surface area contributed by atoms with Crippen molar-refractivity contribution in [2.45, 2.75) is 18.9 Å².